The molecule has 11 heteroatoms. The van der Waals surface area contributed by atoms with Gasteiger partial charge >= 0.3 is 5.97 Å². The van der Waals surface area contributed by atoms with E-state index in [4.69, 9.17) is 4.74 Å². The van der Waals surface area contributed by atoms with E-state index in [0.717, 1.165) is 10.0 Å². The predicted octanol–water partition coefficient (Wildman–Crippen LogP) is 5.87. The normalized spacial score (nSPS) is 15.5. The van der Waals surface area contributed by atoms with Crippen LogP contribution in [0.2, 0.25) is 0 Å². The van der Waals surface area contributed by atoms with Crippen LogP contribution in [-0.4, -0.2) is 39.0 Å². The van der Waals surface area contributed by atoms with Gasteiger partial charge in [-0.05, 0) is 71.9 Å². The highest BCUT2D eigenvalue weighted by atomic mass is 79.9. The molecule has 0 aromatic heterocycles. The minimum absolute atomic E-state index is 0.000796. The number of aromatic carboxylic acids is 1. The van der Waals surface area contributed by atoms with Gasteiger partial charge in [-0.15, -0.1) is 0 Å². The van der Waals surface area contributed by atoms with E-state index >= 15 is 0 Å². The first-order chi connectivity index (χ1) is 17.2. The number of ether oxygens (including phenoxy) is 1. The number of nitro benzene ring substituents is 1. The standard InChI is InChI=1S/C25H18BrN3O6S/c1-28-23(30)22(36-25(28)27-19-4-2-3-16(12-19)24(31)32)13-17-11-18(26)7-10-21(17)35-14-15-5-8-20(9-6-15)29(33)34/h2-13H,14H2,1H3,(H,31,32)/b22-13-,27-25?. The zero-order chi connectivity index (χ0) is 25.8. The van der Waals surface area contributed by atoms with Crippen molar-refractivity contribution in [2.24, 2.45) is 4.99 Å². The van der Waals surface area contributed by atoms with Gasteiger partial charge in [0.05, 0.1) is 21.1 Å². The number of carbonyl (C=O) groups is 2. The van der Waals surface area contributed by atoms with Gasteiger partial charge in [0.2, 0.25) is 0 Å². The van der Waals surface area contributed by atoms with Crippen molar-refractivity contribution in [3.63, 3.8) is 0 Å². The van der Waals surface area contributed by atoms with Crippen LogP contribution in [0.5, 0.6) is 5.75 Å². The van der Waals surface area contributed by atoms with Crippen molar-refractivity contribution >= 4 is 62.2 Å². The van der Waals surface area contributed by atoms with Crippen molar-refractivity contribution in [1.29, 1.82) is 0 Å². The summed E-state index contributed by atoms with van der Waals surface area (Å²) in [5.74, 6) is -0.786. The maximum atomic E-state index is 12.9. The second-order valence-electron chi connectivity index (χ2n) is 7.62. The highest BCUT2D eigenvalue weighted by molar-refractivity contribution is 9.10. The molecule has 1 N–H and O–H groups in total. The van der Waals surface area contributed by atoms with Crippen molar-refractivity contribution in [3.05, 3.63) is 103 Å². The number of non-ortho nitro benzene ring substituents is 1. The molecule has 0 bridgehead atoms. The molecule has 182 valence electrons. The highest BCUT2D eigenvalue weighted by Gasteiger charge is 2.30. The minimum atomic E-state index is -1.06. The number of benzene rings is 3. The fraction of sp³-hybridized carbons (Fsp3) is 0.0800. The largest absolute Gasteiger partial charge is 0.488 e. The zero-order valence-electron chi connectivity index (χ0n) is 18.8. The van der Waals surface area contributed by atoms with Crippen LogP contribution >= 0.6 is 27.7 Å². The first kappa shape index (κ1) is 25.1. The maximum absolute atomic E-state index is 12.9. The molecule has 3 aromatic rings. The van der Waals surface area contributed by atoms with Crippen molar-refractivity contribution in [3.8, 4) is 5.75 Å². The molecule has 3 aromatic carbocycles. The number of aliphatic imine (C=N–C) groups is 1. The van der Waals surface area contributed by atoms with E-state index in [0.29, 0.717) is 27.1 Å². The summed E-state index contributed by atoms with van der Waals surface area (Å²) < 4.78 is 6.75. The van der Waals surface area contributed by atoms with Gasteiger partial charge in [0.15, 0.2) is 5.17 Å². The number of thioether (sulfide) groups is 1. The third kappa shape index (κ3) is 5.81. The summed E-state index contributed by atoms with van der Waals surface area (Å²) in [5.41, 5.74) is 1.94. The van der Waals surface area contributed by atoms with Gasteiger partial charge in [-0.2, -0.15) is 0 Å². The first-order valence-electron chi connectivity index (χ1n) is 10.5. The molecule has 1 fully saturated rings. The molecule has 0 radical (unpaired) electrons. The predicted molar refractivity (Wildman–Crippen MR) is 140 cm³/mol. The number of carbonyl (C=O) groups excluding carboxylic acids is 1. The third-order valence-corrected chi connectivity index (χ3v) is 6.67. The molecule has 0 saturated carbocycles. The topological polar surface area (TPSA) is 122 Å². The number of halogens is 1. The van der Waals surface area contributed by atoms with Crippen molar-refractivity contribution in [2.75, 3.05) is 7.05 Å². The molecule has 1 aliphatic heterocycles. The van der Waals surface area contributed by atoms with Crippen molar-refractivity contribution < 1.29 is 24.4 Å². The smallest absolute Gasteiger partial charge is 0.335 e. The van der Waals surface area contributed by atoms with Crippen LogP contribution in [0.15, 0.2) is 81.1 Å². The lowest BCUT2D eigenvalue weighted by molar-refractivity contribution is -0.384. The number of likely N-dealkylation sites (N-methyl/N-ethyl adjacent to an activating group) is 1. The van der Waals surface area contributed by atoms with Crippen molar-refractivity contribution in [2.45, 2.75) is 6.61 Å². The third-order valence-electron chi connectivity index (χ3n) is 5.12. The Morgan fingerprint density at radius 3 is 2.64 bits per heavy atom. The Kier molecular flexibility index (Phi) is 7.51. The minimum Gasteiger partial charge on any atom is -0.488 e. The van der Waals surface area contributed by atoms with Crippen LogP contribution in [0.1, 0.15) is 21.5 Å². The molecule has 1 saturated heterocycles. The Hall–Kier alpha value is -3.96. The van der Waals surface area contributed by atoms with Crippen LogP contribution in [0, 0.1) is 10.1 Å². The lowest BCUT2D eigenvalue weighted by Gasteiger charge is -2.10. The molecule has 1 heterocycles. The molecule has 36 heavy (non-hydrogen) atoms. The molecule has 0 atom stereocenters. The number of hydrogen-bond acceptors (Lipinski definition) is 7. The molecule has 9 nitrogen and oxygen atoms in total. The SMILES string of the molecule is CN1C(=O)/C(=C/c2cc(Br)ccc2OCc2ccc([N+](=O)[O-])cc2)SC1=Nc1cccc(C(=O)O)c1. The van der Waals surface area contributed by atoms with Crippen LogP contribution in [0.25, 0.3) is 6.08 Å². The summed E-state index contributed by atoms with van der Waals surface area (Å²) in [6, 6.07) is 17.7. The summed E-state index contributed by atoms with van der Waals surface area (Å²) in [6.45, 7) is 0.184. The molecule has 4 rings (SSSR count). The monoisotopic (exact) mass is 567 g/mol. The Morgan fingerprint density at radius 1 is 1.19 bits per heavy atom. The van der Waals surface area contributed by atoms with E-state index in [1.165, 1.54) is 40.9 Å². The van der Waals surface area contributed by atoms with Gasteiger partial charge in [0.25, 0.3) is 11.6 Å². The van der Waals surface area contributed by atoms with Gasteiger partial charge < -0.3 is 9.84 Å². The molecule has 0 unspecified atom stereocenters. The Labute approximate surface area is 218 Å². The van der Waals surface area contributed by atoms with Crippen molar-refractivity contribution in [1.82, 2.24) is 4.90 Å². The van der Waals surface area contributed by atoms with E-state index in [9.17, 15) is 24.8 Å². The molecular weight excluding hydrogens is 550 g/mol. The van der Waals surface area contributed by atoms with Crippen LogP contribution in [0.3, 0.4) is 0 Å². The van der Waals surface area contributed by atoms with Gasteiger partial charge in [0.1, 0.15) is 12.4 Å². The molecule has 1 amide bonds. The summed E-state index contributed by atoms with van der Waals surface area (Å²) in [6.07, 6.45) is 1.70. The van der Waals surface area contributed by atoms with Crippen LogP contribution in [-0.2, 0) is 11.4 Å². The quantitative estimate of drug-likeness (QED) is 0.215. The molecule has 1 aliphatic rings. The average molecular weight is 568 g/mol. The zero-order valence-corrected chi connectivity index (χ0v) is 21.2. The van der Waals surface area contributed by atoms with E-state index < -0.39 is 10.9 Å². The summed E-state index contributed by atoms with van der Waals surface area (Å²) >= 11 is 4.61. The van der Waals surface area contributed by atoms with Gasteiger partial charge in [0, 0.05) is 29.2 Å². The summed E-state index contributed by atoms with van der Waals surface area (Å²) in [7, 11) is 1.60. The molecule has 0 spiro atoms. The Bertz CT molecular complexity index is 1420. The number of carboxylic acids is 1. The lowest BCUT2D eigenvalue weighted by atomic mass is 10.1. The number of rotatable bonds is 7. The van der Waals surface area contributed by atoms with Crippen LogP contribution < -0.4 is 4.74 Å². The number of hydrogen-bond donors (Lipinski definition) is 1. The Morgan fingerprint density at radius 2 is 1.94 bits per heavy atom. The summed E-state index contributed by atoms with van der Waals surface area (Å²) in [4.78, 5) is 40.8. The second kappa shape index (κ2) is 10.8. The summed E-state index contributed by atoms with van der Waals surface area (Å²) in [5, 5.41) is 20.5. The highest BCUT2D eigenvalue weighted by Crippen LogP contribution is 2.35. The molecule has 0 aliphatic carbocycles. The van der Waals surface area contributed by atoms with E-state index in [2.05, 4.69) is 20.9 Å². The molecular formula is C25H18BrN3O6S. The fourth-order valence-electron chi connectivity index (χ4n) is 3.25. The van der Waals surface area contributed by atoms with Crippen LogP contribution in [0.4, 0.5) is 11.4 Å². The van der Waals surface area contributed by atoms with Gasteiger partial charge in [-0.1, -0.05) is 22.0 Å². The lowest BCUT2D eigenvalue weighted by Crippen LogP contribution is -2.23. The fourth-order valence-corrected chi connectivity index (χ4v) is 4.61. The van der Waals surface area contributed by atoms with E-state index in [-0.39, 0.29) is 23.8 Å². The Balaban J connectivity index is 1.57. The first-order valence-corrected chi connectivity index (χ1v) is 12.1. The number of nitrogens with zero attached hydrogens (tertiary/aromatic N) is 3. The number of carboxylic acid groups (broad SMARTS) is 1. The van der Waals surface area contributed by atoms with E-state index in [1.807, 2.05) is 12.1 Å². The number of amidine groups is 1. The van der Waals surface area contributed by atoms with E-state index in [1.54, 1.807) is 43.5 Å². The van der Waals surface area contributed by atoms with Gasteiger partial charge in [-0.3, -0.25) is 19.8 Å². The number of nitro groups is 1. The van der Waals surface area contributed by atoms with Gasteiger partial charge in [-0.25, -0.2) is 9.79 Å². The second-order valence-corrected chi connectivity index (χ2v) is 9.54. The number of amides is 1. The average Bonchev–Trinajstić information content (AvgIpc) is 3.11. The maximum Gasteiger partial charge on any atom is 0.335 e.